The van der Waals surface area contributed by atoms with Crippen molar-refractivity contribution in [3.63, 3.8) is 0 Å². The Morgan fingerprint density at radius 1 is 1.10 bits per heavy atom. The van der Waals surface area contributed by atoms with Crippen molar-refractivity contribution in [2.45, 2.75) is 58.9 Å². The molecule has 0 saturated carbocycles. The van der Waals surface area contributed by atoms with E-state index in [2.05, 4.69) is 53.6 Å². The highest BCUT2D eigenvalue weighted by atomic mass is 127. The first-order valence-corrected chi connectivity index (χ1v) is 11.3. The van der Waals surface area contributed by atoms with Crippen LogP contribution in [0.15, 0.2) is 29.3 Å². The molecule has 31 heavy (non-hydrogen) atoms. The van der Waals surface area contributed by atoms with Gasteiger partial charge in [-0.25, -0.2) is 4.99 Å². The van der Waals surface area contributed by atoms with Gasteiger partial charge >= 0.3 is 0 Å². The number of rotatable bonds is 7. The van der Waals surface area contributed by atoms with E-state index in [1.54, 1.807) is 0 Å². The summed E-state index contributed by atoms with van der Waals surface area (Å²) in [4.78, 5) is 21.5. The summed E-state index contributed by atoms with van der Waals surface area (Å²) < 4.78 is 5.86. The van der Waals surface area contributed by atoms with Crippen molar-refractivity contribution in [2.75, 3.05) is 39.3 Å². The van der Waals surface area contributed by atoms with E-state index in [1.165, 1.54) is 11.1 Å². The molecule has 3 rings (SSSR count). The number of hydrogen-bond donors (Lipinski definition) is 2. The summed E-state index contributed by atoms with van der Waals surface area (Å²) in [6, 6.07) is 8.49. The van der Waals surface area contributed by atoms with Crippen LogP contribution in [0.1, 0.15) is 44.7 Å². The number of carbonyl (C=O) groups is 1. The number of likely N-dealkylation sites (tertiary alicyclic amines) is 1. The Bertz CT molecular complexity index is 714. The highest BCUT2D eigenvalue weighted by Gasteiger charge is 2.22. The van der Waals surface area contributed by atoms with Crippen molar-refractivity contribution < 1.29 is 9.53 Å². The molecule has 1 amide bonds. The van der Waals surface area contributed by atoms with Gasteiger partial charge in [-0.15, -0.1) is 24.0 Å². The van der Waals surface area contributed by atoms with Gasteiger partial charge in [0.25, 0.3) is 0 Å². The number of hydrogen-bond acceptors (Lipinski definition) is 4. The Balaban J connectivity index is 0.00000341. The molecule has 8 heteroatoms. The average Bonchev–Trinajstić information content (AvgIpc) is 3.25. The molecule has 2 saturated heterocycles. The molecule has 2 aliphatic rings. The van der Waals surface area contributed by atoms with E-state index in [-0.39, 0.29) is 48.6 Å². The maximum Gasteiger partial charge on any atom is 0.241 e. The number of benzene rings is 1. The van der Waals surface area contributed by atoms with Gasteiger partial charge < -0.3 is 20.3 Å². The van der Waals surface area contributed by atoms with Gasteiger partial charge in [0.15, 0.2) is 5.96 Å². The number of halogens is 1. The first kappa shape index (κ1) is 25.9. The molecule has 0 aliphatic carbocycles. The van der Waals surface area contributed by atoms with E-state index in [0.29, 0.717) is 12.5 Å². The molecule has 0 aromatic heterocycles. The van der Waals surface area contributed by atoms with Crippen LogP contribution in [0, 0.1) is 0 Å². The van der Waals surface area contributed by atoms with Gasteiger partial charge in [-0.1, -0.05) is 24.3 Å². The molecule has 2 aliphatic heterocycles. The van der Waals surface area contributed by atoms with Crippen LogP contribution < -0.4 is 10.6 Å². The zero-order valence-corrected chi connectivity index (χ0v) is 21.4. The molecule has 1 aromatic rings. The van der Waals surface area contributed by atoms with E-state index in [0.717, 1.165) is 52.1 Å². The van der Waals surface area contributed by atoms with Crippen LogP contribution in [0.25, 0.3) is 0 Å². The zero-order chi connectivity index (χ0) is 21.3. The van der Waals surface area contributed by atoms with E-state index in [1.807, 2.05) is 11.8 Å². The Labute approximate surface area is 204 Å². The molecule has 2 heterocycles. The summed E-state index contributed by atoms with van der Waals surface area (Å²) in [5, 5.41) is 6.45. The normalized spacial score (nSPS) is 22.2. The van der Waals surface area contributed by atoms with Gasteiger partial charge in [0.05, 0.1) is 25.3 Å². The van der Waals surface area contributed by atoms with Crippen LogP contribution in [-0.2, 0) is 22.6 Å². The molecule has 1 aromatic carbocycles. The second kappa shape index (κ2) is 13.2. The minimum atomic E-state index is 0. The highest BCUT2D eigenvalue weighted by molar-refractivity contribution is 14.0. The Morgan fingerprint density at radius 2 is 1.74 bits per heavy atom. The minimum absolute atomic E-state index is 0. The molecule has 2 fully saturated rings. The van der Waals surface area contributed by atoms with Crippen LogP contribution >= 0.6 is 24.0 Å². The number of morpholine rings is 1. The summed E-state index contributed by atoms with van der Waals surface area (Å²) >= 11 is 0. The molecule has 2 unspecified atom stereocenters. The Kier molecular flexibility index (Phi) is 11.0. The van der Waals surface area contributed by atoms with Crippen LogP contribution in [0.3, 0.4) is 0 Å². The number of ether oxygens (including phenoxy) is 1. The van der Waals surface area contributed by atoms with E-state index >= 15 is 0 Å². The maximum absolute atomic E-state index is 12.3. The number of carbonyl (C=O) groups excluding carboxylic acids is 1. The van der Waals surface area contributed by atoms with Gasteiger partial charge in [0.2, 0.25) is 5.91 Å². The van der Waals surface area contributed by atoms with E-state index < -0.39 is 0 Å². The van der Waals surface area contributed by atoms with Gasteiger partial charge in [-0.3, -0.25) is 9.69 Å². The summed E-state index contributed by atoms with van der Waals surface area (Å²) in [7, 11) is 0. The quantitative estimate of drug-likeness (QED) is 0.315. The fourth-order valence-electron chi connectivity index (χ4n) is 4.26. The predicted octanol–water partition coefficient (Wildman–Crippen LogP) is 2.59. The number of aliphatic imine (C=N–C) groups is 1. The summed E-state index contributed by atoms with van der Waals surface area (Å²) in [5.41, 5.74) is 2.51. The minimum Gasteiger partial charge on any atom is -0.373 e. The third-order valence-electron chi connectivity index (χ3n) is 5.63. The third-order valence-corrected chi connectivity index (χ3v) is 5.63. The van der Waals surface area contributed by atoms with E-state index in [9.17, 15) is 4.79 Å². The molecule has 0 spiro atoms. The molecular formula is C23H38IN5O2. The van der Waals surface area contributed by atoms with Crippen LogP contribution in [-0.4, -0.2) is 73.1 Å². The average molecular weight is 543 g/mol. The smallest absolute Gasteiger partial charge is 0.241 e. The van der Waals surface area contributed by atoms with Crippen LogP contribution in [0.5, 0.6) is 0 Å². The van der Waals surface area contributed by atoms with Crippen molar-refractivity contribution in [3.05, 3.63) is 35.4 Å². The molecule has 174 valence electrons. The number of nitrogens with zero attached hydrogens (tertiary/aromatic N) is 3. The van der Waals surface area contributed by atoms with Crippen molar-refractivity contribution >= 4 is 35.8 Å². The SMILES string of the molecule is CCNC(=NCc1ccccc1CN1CC(C)OC(C)C1)NCC(=O)N1CCCC1.I. The number of amides is 1. The third kappa shape index (κ3) is 8.23. The number of nitrogens with one attached hydrogen (secondary N) is 2. The van der Waals surface area contributed by atoms with Crippen molar-refractivity contribution in [1.82, 2.24) is 20.4 Å². The fraction of sp³-hybridized carbons (Fsp3) is 0.652. The zero-order valence-electron chi connectivity index (χ0n) is 19.1. The molecule has 0 radical (unpaired) electrons. The Hall–Kier alpha value is -1.39. The lowest BCUT2D eigenvalue weighted by molar-refractivity contribution is -0.128. The molecule has 0 bridgehead atoms. The van der Waals surface area contributed by atoms with Crippen molar-refractivity contribution in [2.24, 2.45) is 4.99 Å². The lowest BCUT2D eigenvalue weighted by Crippen LogP contribution is -2.45. The van der Waals surface area contributed by atoms with Gasteiger partial charge in [0, 0.05) is 39.3 Å². The summed E-state index contributed by atoms with van der Waals surface area (Å²) in [6.07, 6.45) is 2.74. The second-order valence-corrected chi connectivity index (χ2v) is 8.36. The lowest BCUT2D eigenvalue weighted by atomic mass is 10.1. The Morgan fingerprint density at radius 3 is 2.39 bits per heavy atom. The summed E-state index contributed by atoms with van der Waals surface area (Å²) in [5.74, 6) is 0.836. The van der Waals surface area contributed by atoms with Crippen molar-refractivity contribution in [1.29, 1.82) is 0 Å². The molecule has 2 N–H and O–H groups in total. The van der Waals surface area contributed by atoms with Gasteiger partial charge in [0.1, 0.15) is 0 Å². The second-order valence-electron chi connectivity index (χ2n) is 8.36. The fourth-order valence-corrected chi connectivity index (χ4v) is 4.26. The first-order valence-electron chi connectivity index (χ1n) is 11.3. The maximum atomic E-state index is 12.3. The monoisotopic (exact) mass is 543 g/mol. The van der Waals surface area contributed by atoms with Gasteiger partial charge in [-0.05, 0) is 44.7 Å². The van der Waals surface area contributed by atoms with Gasteiger partial charge in [-0.2, -0.15) is 0 Å². The van der Waals surface area contributed by atoms with E-state index in [4.69, 9.17) is 9.73 Å². The highest BCUT2D eigenvalue weighted by Crippen LogP contribution is 2.17. The molecular weight excluding hydrogens is 505 g/mol. The molecule has 7 nitrogen and oxygen atoms in total. The largest absolute Gasteiger partial charge is 0.373 e. The van der Waals surface area contributed by atoms with Crippen LogP contribution in [0.4, 0.5) is 0 Å². The predicted molar refractivity (Wildman–Crippen MR) is 136 cm³/mol. The topological polar surface area (TPSA) is 69.2 Å². The summed E-state index contributed by atoms with van der Waals surface area (Å²) in [6.45, 7) is 12.5. The van der Waals surface area contributed by atoms with Crippen LogP contribution in [0.2, 0.25) is 0 Å². The number of guanidine groups is 1. The standard InChI is InChI=1S/C23H37N5O2.HI/c1-4-24-23(26-14-22(29)28-11-7-8-12-28)25-13-20-9-5-6-10-21(20)17-27-15-18(2)30-19(3)16-27;/h5-6,9-10,18-19H,4,7-8,11-17H2,1-3H3,(H2,24,25,26);1H. The molecule has 2 atom stereocenters. The first-order chi connectivity index (χ1) is 14.5. The lowest BCUT2D eigenvalue weighted by Gasteiger charge is -2.35. The van der Waals surface area contributed by atoms with Crippen molar-refractivity contribution in [3.8, 4) is 0 Å².